The number of Topliss-reactive ketones (excluding diaryl/α,β-unsaturated/α-hetero) is 1. The summed E-state index contributed by atoms with van der Waals surface area (Å²) in [6.45, 7) is 9.42. The van der Waals surface area contributed by atoms with E-state index in [0.29, 0.717) is 108 Å². The number of nitriles is 1. The van der Waals surface area contributed by atoms with E-state index >= 15 is 0 Å². The highest BCUT2D eigenvalue weighted by Gasteiger charge is 2.23. The summed E-state index contributed by atoms with van der Waals surface area (Å²) in [4.78, 5) is 132. The molecule has 1 aliphatic heterocycles. The SMILES string of the molecule is CC(Sc1nc2c(cnn2-c2ccc(Cl)cc2)c(=O)[nH]1)C(N)=O.CC(Sc1nc2c(cnn2-c2cccc(Cl)c2)c(=O)[nH]1)C(=O)CCCN1CCOCC1.COC(=O)C(C)Sc1nc2c(cnn2-c2ccc(Cl)cc2)c(=O)[nH]1.N#CCSc1nc2c(cnn2-c2ccccc2)c(=O)[nH]1.O=c1[nH]c(=S)[nH]c2c1cnn2-c1ccc(Cl)cc1. The van der Waals surface area contributed by atoms with Crippen molar-refractivity contribution in [3.8, 4) is 34.5 Å². The van der Waals surface area contributed by atoms with Gasteiger partial charge in [-0.2, -0.15) is 30.8 Å². The average Bonchev–Trinajstić information content (AvgIpc) is 1.10. The van der Waals surface area contributed by atoms with Crippen molar-refractivity contribution < 1.29 is 23.9 Å². The van der Waals surface area contributed by atoms with Gasteiger partial charge in [-0.15, -0.1) is 0 Å². The number of ketones is 1. The van der Waals surface area contributed by atoms with E-state index in [1.165, 1.54) is 61.6 Å². The molecule has 0 saturated carbocycles. The van der Waals surface area contributed by atoms with Gasteiger partial charge in [0.1, 0.15) is 43.6 Å². The molecule has 15 aromatic rings. The number of ether oxygens (including phenoxy) is 2. The smallest absolute Gasteiger partial charge is 0.318 e. The molecule has 3 unspecified atom stereocenters. The summed E-state index contributed by atoms with van der Waals surface area (Å²) >= 11 is 33.3. The Bertz CT molecular complexity index is 6500. The van der Waals surface area contributed by atoms with E-state index in [4.69, 9.17) is 74.4 Å². The van der Waals surface area contributed by atoms with Gasteiger partial charge in [0.25, 0.3) is 27.8 Å². The van der Waals surface area contributed by atoms with E-state index in [1.54, 1.807) is 110 Å². The largest absolute Gasteiger partial charge is 0.468 e. The zero-order valence-corrected chi connectivity index (χ0v) is 68.4. The summed E-state index contributed by atoms with van der Waals surface area (Å²) < 4.78 is 18.2. The molecular weight excluding hydrogens is 1670 g/mol. The number of fused-ring (bicyclic) bond motifs is 5. The number of nitrogens with zero attached hydrogens (tertiary/aromatic N) is 16. The molecule has 1 aliphatic rings. The molecule has 33 nitrogen and oxygen atoms in total. The minimum atomic E-state index is -0.512. The van der Waals surface area contributed by atoms with E-state index in [-0.39, 0.29) is 49.4 Å². The summed E-state index contributed by atoms with van der Waals surface area (Å²) in [7, 11) is 1.31. The van der Waals surface area contributed by atoms with Crippen LogP contribution in [0.3, 0.4) is 0 Å². The van der Waals surface area contributed by atoms with Crippen LogP contribution in [0.2, 0.25) is 20.1 Å². The maximum atomic E-state index is 12.6. The van der Waals surface area contributed by atoms with E-state index < -0.39 is 22.4 Å². The van der Waals surface area contributed by atoms with Crippen molar-refractivity contribution >= 4 is 178 Å². The first-order valence-electron chi connectivity index (χ1n) is 34.8. The number of amides is 1. The zero-order valence-electron chi connectivity index (χ0n) is 61.3. The second-order valence-corrected chi connectivity index (χ2v) is 31.9. The van der Waals surface area contributed by atoms with Gasteiger partial charge in [-0.05, 0) is 149 Å². The molecule has 11 heterocycles. The summed E-state index contributed by atoms with van der Waals surface area (Å²) in [5.74, 6) is -0.504. The first-order valence-corrected chi connectivity index (χ1v) is 40.4. The third kappa shape index (κ3) is 20.8. The molecule has 0 spiro atoms. The molecule has 0 radical (unpaired) electrons. The molecule has 16 rings (SSSR count). The maximum Gasteiger partial charge on any atom is 0.318 e. The molecule has 10 aromatic heterocycles. The topological polar surface area (TPSA) is 443 Å². The Labute approximate surface area is 697 Å². The number of para-hydroxylation sites is 1. The third-order valence-corrected chi connectivity index (χ3v) is 21.9. The first-order chi connectivity index (χ1) is 55.9. The van der Waals surface area contributed by atoms with Crippen molar-refractivity contribution in [1.82, 2.24) is 104 Å². The number of primary amides is 1. The minimum Gasteiger partial charge on any atom is -0.468 e. The highest BCUT2D eigenvalue weighted by molar-refractivity contribution is 8.01. The Morgan fingerprint density at radius 3 is 1.36 bits per heavy atom. The van der Waals surface area contributed by atoms with Crippen LogP contribution in [0.25, 0.3) is 83.6 Å². The Balaban J connectivity index is 0.000000135. The van der Waals surface area contributed by atoms with Gasteiger partial charge < -0.3 is 40.1 Å². The van der Waals surface area contributed by atoms with Gasteiger partial charge in [-0.25, -0.2) is 43.3 Å². The molecule has 8 N–H and O–H groups in total. The van der Waals surface area contributed by atoms with Gasteiger partial charge in [-0.3, -0.25) is 48.2 Å². The summed E-state index contributed by atoms with van der Waals surface area (Å²) in [6, 6.07) is 39.8. The number of hydrogen-bond acceptors (Lipinski definition) is 26. The van der Waals surface area contributed by atoms with Crippen molar-refractivity contribution in [2.24, 2.45) is 5.73 Å². The van der Waals surface area contributed by atoms with Crippen LogP contribution in [0.5, 0.6) is 0 Å². The van der Waals surface area contributed by atoms with Crippen LogP contribution >= 0.6 is 106 Å². The van der Waals surface area contributed by atoms with Crippen LogP contribution < -0.4 is 33.5 Å². The van der Waals surface area contributed by atoms with Gasteiger partial charge in [0, 0.05) is 39.6 Å². The highest BCUT2D eigenvalue weighted by atomic mass is 35.5. The average molecular weight is 1740 g/mol. The molecular formula is C74H65Cl4N23O10S5. The number of nitrogens with one attached hydrogen (secondary N) is 6. The number of morpholine rings is 1. The Hall–Kier alpha value is -11.4. The number of nitrogens with two attached hydrogens (primary N) is 1. The van der Waals surface area contributed by atoms with Crippen LogP contribution in [-0.4, -0.2) is 183 Å². The van der Waals surface area contributed by atoms with E-state index in [1.807, 2.05) is 67.6 Å². The lowest BCUT2D eigenvalue weighted by Crippen LogP contribution is -2.37. The summed E-state index contributed by atoms with van der Waals surface area (Å²) in [5.41, 5.74) is 9.87. The molecule has 1 amide bonds. The number of halogens is 4. The zero-order chi connectivity index (χ0) is 82.3. The van der Waals surface area contributed by atoms with Gasteiger partial charge in [0.2, 0.25) is 5.91 Å². The molecule has 594 valence electrons. The number of aromatic nitrogens is 20. The summed E-state index contributed by atoms with van der Waals surface area (Å²) in [6.07, 6.45) is 8.68. The number of rotatable bonds is 20. The van der Waals surface area contributed by atoms with E-state index in [2.05, 4.69) is 85.0 Å². The van der Waals surface area contributed by atoms with Crippen LogP contribution in [0.15, 0.2) is 203 Å². The number of benzene rings is 5. The lowest BCUT2D eigenvalue weighted by Gasteiger charge is -2.26. The molecule has 0 aliphatic carbocycles. The number of methoxy groups -OCH3 is 1. The minimum absolute atomic E-state index is 0.143. The second kappa shape index (κ2) is 38.9. The fourth-order valence-electron chi connectivity index (χ4n) is 11.1. The van der Waals surface area contributed by atoms with Crippen molar-refractivity contribution in [3.63, 3.8) is 0 Å². The predicted octanol–water partition coefficient (Wildman–Crippen LogP) is 11.2. The van der Waals surface area contributed by atoms with Crippen LogP contribution in [-0.2, 0) is 23.9 Å². The number of H-pyrrole nitrogens is 6. The van der Waals surface area contributed by atoms with Crippen molar-refractivity contribution in [1.29, 1.82) is 5.26 Å². The lowest BCUT2D eigenvalue weighted by molar-refractivity contribution is -0.139. The molecule has 0 bridgehead atoms. The number of hydrogen-bond donors (Lipinski definition) is 7. The fraction of sp³-hybridized carbons (Fsp3) is 0.203. The van der Waals surface area contributed by atoms with Gasteiger partial charge in [0.05, 0.1) is 102 Å². The van der Waals surface area contributed by atoms with E-state index in [9.17, 15) is 38.4 Å². The lowest BCUT2D eigenvalue weighted by atomic mass is 10.1. The normalized spacial score (nSPS) is 12.8. The van der Waals surface area contributed by atoms with Crippen LogP contribution in [0.1, 0.15) is 33.6 Å². The monoisotopic (exact) mass is 1740 g/mol. The van der Waals surface area contributed by atoms with Gasteiger partial charge in [-0.1, -0.05) is 118 Å². The maximum absolute atomic E-state index is 12.6. The molecule has 1 saturated heterocycles. The number of carbonyl (C=O) groups excluding carboxylic acids is 3. The van der Waals surface area contributed by atoms with E-state index in [0.717, 1.165) is 85.5 Å². The second-order valence-electron chi connectivity index (χ2n) is 24.8. The van der Waals surface area contributed by atoms with Gasteiger partial charge >= 0.3 is 5.97 Å². The number of aromatic amines is 6. The van der Waals surface area contributed by atoms with Gasteiger partial charge in [0.15, 0.2) is 48.0 Å². The van der Waals surface area contributed by atoms with Crippen molar-refractivity contribution in [3.05, 3.63) is 235 Å². The molecule has 1 fully saturated rings. The molecule has 116 heavy (non-hydrogen) atoms. The standard InChI is InChI=1S/C21H24ClN5O3S.C15H13ClN4O3S.C14H12ClN5O2S.C13H9N5OS.C11H7ClN4OS/c1-14(18(28)6-3-7-26-8-10-30-11-9-26)31-21-24-19-17(20(29)25-21)13-23-27(19)16-5-2-4-15(22)12-16;1-8(14(22)23-2)24-15-18-12-11(13(21)19-15)7-17-20(12)10-5-3-9(16)4-6-10;1-7(11(16)21)23-14-18-12-10(13(22)19-14)6-17-20(12)9-4-2-8(15)3-5-9;14-6-7-20-13-16-11-10(12(19)17-13)8-15-18(11)9-4-2-1-3-5-9;12-6-1-3-7(4-2-6)16-9-8(5-13-16)10(17)15-11(18)14-9/h2,4-5,12-14H,3,6-11H2,1H3,(H,24,25,29);3-8H,1-2H3,(H,18,19,21);2-7H,1H3,(H2,16,21)(H,18,19,22);1-5,8H,7H2,(H,16,17,19);1-5H,(H2,14,15,17,18). The third-order valence-electron chi connectivity index (χ3n) is 16.9. The first kappa shape index (κ1) is 84.1. The number of thioether (sulfide) groups is 4. The van der Waals surface area contributed by atoms with Crippen LogP contribution in [0.4, 0.5) is 0 Å². The molecule has 5 aromatic carbocycles. The van der Waals surface area contributed by atoms with Crippen molar-refractivity contribution in [2.45, 2.75) is 70.0 Å². The quantitative estimate of drug-likeness (QED) is 0.0161. The van der Waals surface area contributed by atoms with Crippen LogP contribution in [0, 0.1) is 16.1 Å². The number of carbonyl (C=O) groups is 3. The Morgan fingerprint density at radius 1 is 0.509 bits per heavy atom. The Kier molecular flexibility index (Phi) is 28.2. The fourth-order valence-corrected chi connectivity index (χ4v) is 14.8. The highest BCUT2D eigenvalue weighted by Crippen LogP contribution is 2.28. The van der Waals surface area contributed by atoms with Crippen molar-refractivity contribution in [2.75, 3.05) is 45.7 Å². The number of esters is 1. The molecule has 3 atom stereocenters. The molecule has 42 heteroatoms. The summed E-state index contributed by atoms with van der Waals surface area (Å²) in [5, 5.41) is 34.2. The predicted molar refractivity (Wildman–Crippen MR) is 450 cm³/mol. The Morgan fingerprint density at radius 2 is 0.905 bits per heavy atom.